The highest BCUT2D eigenvalue weighted by Gasteiger charge is 2.03. The van der Waals surface area contributed by atoms with Gasteiger partial charge in [0.15, 0.2) is 0 Å². The van der Waals surface area contributed by atoms with Crippen LogP contribution in [0.25, 0.3) is 0 Å². The molecule has 3 heteroatoms. The SMILES string of the molecule is Cc1cc(C)c(O)c(N=[N])c1. The van der Waals surface area contributed by atoms with Crippen LogP contribution in [0.4, 0.5) is 5.69 Å². The third-order valence-electron chi connectivity index (χ3n) is 1.53. The molecule has 1 aromatic carbocycles. The maximum absolute atomic E-state index is 9.27. The summed E-state index contributed by atoms with van der Waals surface area (Å²) in [6.45, 7) is 3.64. The molecule has 1 N–H and O–H groups in total. The molecule has 0 unspecified atom stereocenters. The van der Waals surface area contributed by atoms with Crippen LogP contribution in [0.15, 0.2) is 17.2 Å². The number of hydrogen-bond acceptors (Lipinski definition) is 2. The molecule has 0 aliphatic carbocycles. The van der Waals surface area contributed by atoms with Gasteiger partial charge in [-0.3, -0.25) is 0 Å². The molecule has 0 saturated carbocycles. The highest BCUT2D eigenvalue weighted by molar-refractivity contribution is 5.56. The maximum atomic E-state index is 9.27. The lowest BCUT2D eigenvalue weighted by atomic mass is 10.1. The Balaban J connectivity index is 3.35. The van der Waals surface area contributed by atoms with E-state index in [2.05, 4.69) is 5.11 Å². The molecule has 1 rings (SSSR count). The van der Waals surface area contributed by atoms with Gasteiger partial charge in [0.2, 0.25) is 0 Å². The van der Waals surface area contributed by atoms with Crippen molar-refractivity contribution in [1.29, 1.82) is 0 Å². The van der Waals surface area contributed by atoms with Gasteiger partial charge in [-0.25, -0.2) is 0 Å². The summed E-state index contributed by atoms with van der Waals surface area (Å²) in [6, 6.07) is 3.44. The van der Waals surface area contributed by atoms with Gasteiger partial charge >= 0.3 is 0 Å². The van der Waals surface area contributed by atoms with Crippen LogP contribution in [-0.2, 0) is 0 Å². The van der Waals surface area contributed by atoms with Gasteiger partial charge in [-0.05, 0) is 36.6 Å². The Morgan fingerprint density at radius 1 is 1.36 bits per heavy atom. The smallest absolute Gasteiger partial charge is 0.146 e. The molecule has 1 aromatic rings. The molecule has 1 radical (unpaired) electrons. The van der Waals surface area contributed by atoms with Crippen molar-refractivity contribution in [3.8, 4) is 5.75 Å². The van der Waals surface area contributed by atoms with Crippen molar-refractivity contribution in [2.24, 2.45) is 5.11 Å². The summed E-state index contributed by atoms with van der Waals surface area (Å²) in [5, 5.41) is 12.2. The second-order valence-electron chi connectivity index (χ2n) is 2.55. The Morgan fingerprint density at radius 3 is 2.55 bits per heavy atom. The van der Waals surface area contributed by atoms with Gasteiger partial charge in [-0.1, -0.05) is 6.07 Å². The third-order valence-corrected chi connectivity index (χ3v) is 1.53. The lowest BCUT2D eigenvalue weighted by Crippen LogP contribution is -1.78. The van der Waals surface area contributed by atoms with E-state index in [4.69, 9.17) is 5.53 Å². The van der Waals surface area contributed by atoms with Crippen LogP contribution >= 0.6 is 0 Å². The third kappa shape index (κ3) is 1.37. The second kappa shape index (κ2) is 2.70. The quantitative estimate of drug-likeness (QED) is 0.609. The molecule has 0 fully saturated rings. The fourth-order valence-electron chi connectivity index (χ4n) is 1.01. The molecular weight excluding hydrogens is 140 g/mol. The van der Waals surface area contributed by atoms with Crippen LogP contribution in [0.2, 0.25) is 0 Å². The van der Waals surface area contributed by atoms with Crippen LogP contribution in [-0.4, -0.2) is 5.11 Å². The molecule has 0 aromatic heterocycles. The number of benzene rings is 1. The molecular formula is C8H9N2O. The lowest BCUT2D eigenvalue weighted by molar-refractivity contribution is 0.472. The lowest BCUT2D eigenvalue weighted by Gasteiger charge is -2.01. The fraction of sp³-hybridized carbons (Fsp3) is 0.250. The van der Waals surface area contributed by atoms with Crippen molar-refractivity contribution in [2.45, 2.75) is 13.8 Å². The summed E-state index contributed by atoms with van der Waals surface area (Å²) >= 11 is 0. The molecule has 0 spiro atoms. The van der Waals surface area contributed by atoms with E-state index in [9.17, 15) is 5.11 Å². The number of hydrogen-bond donors (Lipinski definition) is 1. The van der Waals surface area contributed by atoms with Gasteiger partial charge in [0, 0.05) is 0 Å². The molecule has 3 nitrogen and oxygen atoms in total. The van der Waals surface area contributed by atoms with E-state index in [1.54, 1.807) is 13.0 Å². The van der Waals surface area contributed by atoms with Gasteiger partial charge in [0.05, 0.1) is 0 Å². The molecule has 0 aliphatic heterocycles. The minimum atomic E-state index is 0.0399. The second-order valence-corrected chi connectivity index (χ2v) is 2.55. The molecule has 0 atom stereocenters. The van der Waals surface area contributed by atoms with Crippen LogP contribution in [0.5, 0.6) is 5.75 Å². The van der Waals surface area contributed by atoms with Crippen LogP contribution in [0.3, 0.4) is 0 Å². The maximum Gasteiger partial charge on any atom is 0.146 e. The van der Waals surface area contributed by atoms with E-state index in [0.29, 0.717) is 0 Å². The summed E-state index contributed by atoms with van der Waals surface area (Å²) < 4.78 is 0. The first-order valence-corrected chi connectivity index (χ1v) is 3.30. The van der Waals surface area contributed by atoms with Crippen molar-refractivity contribution >= 4 is 5.69 Å². The van der Waals surface area contributed by atoms with Crippen LogP contribution < -0.4 is 5.53 Å². The minimum absolute atomic E-state index is 0.0399. The predicted molar refractivity (Wildman–Crippen MR) is 41.8 cm³/mol. The Hall–Kier alpha value is -1.38. The molecule has 0 amide bonds. The van der Waals surface area contributed by atoms with Crippen LogP contribution in [0, 0.1) is 13.8 Å². The van der Waals surface area contributed by atoms with Crippen molar-refractivity contribution < 1.29 is 5.11 Å². The molecule has 0 bridgehead atoms. The summed E-state index contributed by atoms with van der Waals surface area (Å²) in [6.07, 6.45) is 0. The van der Waals surface area contributed by atoms with Crippen molar-refractivity contribution in [3.63, 3.8) is 0 Å². The van der Waals surface area contributed by atoms with E-state index in [-0.39, 0.29) is 11.4 Å². The molecule has 0 aliphatic rings. The van der Waals surface area contributed by atoms with Gasteiger partial charge in [-0.2, -0.15) is 0 Å². The molecule has 0 heterocycles. The topological polar surface area (TPSA) is 54.9 Å². The zero-order valence-corrected chi connectivity index (χ0v) is 6.50. The zero-order valence-electron chi connectivity index (χ0n) is 6.50. The summed E-state index contributed by atoms with van der Waals surface area (Å²) in [5.74, 6) is 0.0399. The number of phenolic OH excluding ortho intramolecular Hbond substituents is 1. The Kier molecular flexibility index (Phi) is 1.89. The van der Waals surface area contributed by atoms with Crippen LogP contribution in [0.1, 0.15) is 11.1 Å². The van der Waals surface area contributed by atoms with E-state index >= 15 is 0 Å². The van der Waals surface area contributed by atoms with E-state index < -0.39 is 0 Å². The average molecular weight is 149 g/mol. The standard InChI is InChI=1S/C8H9N2O/c1-5-3-6(2)8(11)7(4-5)10-9/h3-4,11H,1-2H3. The number of aromatic hydroxyl groups is 1. The normalized spacial score (nSPS) is 9.64. The number of aryl methyl sites for hydroxylation is 2. The van der Waals surface area contributed by atoms with E-state index in [1.165, 1.54) is 0 Å². The van der Waals surface area contributed by atoms with Crippen molar-refractivity contribution in [3.05, 3.63) is 23.3 Å². The highest BCUT2D eigenvalue weighted by Crippen LogP contribution is 2.30. The van der Waals surface area contributed by atoms with Crippen molar-refractivity contribution in [1.82, 2.24) is 5.53 Å². The summed E-state index contributed by atoms with van der Waals surface area (Å²) in [4.78, 5) is 0. The van der Waals surface area contributed by atoms with Crippen molar-refractivity contribution in [2.75, 3.05) is 0 Å². The minimum Gasteiger partial charge on any atom is -0.505 e. The molecule has 57 valence electrons. The first-order valence-electron chi connectivity index (χ1n) is 3.30. The van der Waals surface area contributed by atoms with Gasteiger partial charge in [-0.15, -0.1) is 5.11 Å². The fourth-order valence-corrected chi connectivity index (χ4v) is 1.01. The van der Waals surface area contributed by atoms with E-state index in [0.717, 1.165) is 11.1 Å². The van der Waals surface area contributed by atoms with Gasteiger partial charge < -0.3 is 5.11 Å². The average Bonchev–Trinajstić information content (AvgIpc) is 1.96. The number of rotatable bonds is 1. The first kappa shape index (κ1) is 7.72. The Bertz CT molecular complexity index is 294. The van der Waals surface area contributed by atoms with Gasteiger partial charge in [0.1, 0.15) is 11.4 Å². The highest BCUT2D eigenvalue weighted by atomic mass is 16.3. The largest absolute Gasteiger partial charge is 0.505 e. The first-order chi connectivity index (χ1) is 5.15. The number of phenols is 1. The number of nitrogens with zero attached hydrogens (tertiary/aromatic N) is 2. The predicted octanol–water partition coefficient (Wildman–Crippen LogP) is 1.89. The van der Waals surface area contributed by atoms with E-state index in [1.807, 2.05) is 13.0 Å². The Morgan fingerprint density at radius 2 is 2.00 bits per heavy atom. The molecule has 0 saturated heterocycles. The zero-order chi connectivity index (χ0) is 8.43. The summed E-state index contributed by atoms with van der Waals surface area (Å²) in [7, 11) is 0. The molecule has 11 heavy (non-hydrogen) atoms. The Labute approximate surface area is 65.2 Å². The monoisotopic (exact) mass is 149 g/mol. The van der Waals surface area contributed by atoms with Gasteiger partial charge in [0.25, 0.3) is 0 Å². The summed E-state index contributed by atoms with van der Waals surface area (Å²) in [5.41, 5.74) is 10.3.